The molecule has 1 aliphatic carbocycles. The number of nitrogens with zero attached hydrogens (tertiary/aromatic N) is 2. The van der Waals surface area contributed by atoms with Crippen molar-refractivity contribution in [2.75, 3.05) is 6.79 Å². The Morgan fingerprint density at radius 2 is 2.14 bits per heavy atom. The van der Waals surface area contributed by atoms with Crippen LogP contribution in [-0.4, -0.2) is 22.3 Å². The second-order valence-electron chi connectivity index (χ2n) is 7.33. The Morgan fingerprint density at radius 3 is 2.86 bits per heavy atom. The second-order valence-corrected chi connectivity index (χ2v) is 7.33. The normalized spacial score (nSPS) is 15.8. The summed E-state index contributed by atoms with van der Waals surface area (Å²) in [6.07, 6.45) is 5.52. The van der Waals surface area contributed by atoms with Crippen LogP contribution in [0.15, 0.2) is 24.3 Å². The van der Waals surface area contributed by atoms with Crippen LogP contribution in [0, 0.1) is 24.0 Å². The summed E-state index contributed by atoms with van der Waals surface area (Å²) in [5.41, 5.74) is 4.23. The standard InChI is InChI=1S/C21H22N2O6/c1-13-7-15(14(2)22(13)18-4-5-18)3-6-20(24)28-11-17-9-19(23(25)26)8-16-10-27-12-29-21(16)17/h3,6-9,18H,4-5,10-12H2,1-2H3/b6-3+. The molecule has 2 aliphatic rings. The van der Waals surface area contributed by atoms with Gasteiger partial charge in [-0.05, 0) is 44.4 Å². The zero-order valence-electron chi connectivity index (χ0n) is 16.3. The van der Waals surface area contributed by atoms with E-state index in [4.69, 9.17) is 14.2 Å². The molecule has 1 aliphatic heterocycles. The van der Waals surface area contributed by atoms with Crippen molar-refractivity contribution in [3.05, 3.63) is 62.5 Å². The lowest BCUT2D eigenvalue weighted by atomic mass is 10.1. The number of hydrogen-bond acceptors (Lipinski definition) is 6. The van der Waals surface area contributed by atoms with Gasteiger partial charge in [0.15, 0.2) is 6.79 Å². The number of ether oxygens (including phenoxy) is 3. The van der Waals surface area contributed by atoms with E-state index in [1.165, 1.54) is 36.7 Å². The van der Waals surface area contributed by atoms with E-state index in [0.717, 1.165) is 11.3 Å². The van der Waals surface area contributed by atoms with Crippen LogP contribution in [0.4, 0.5) is 5.69 Å². The molecule has 4 rings (SSSR count). The van der Waals surface area contributed by atoms with E-state index in [1.54, 1.807) is 6.08 Å². The van der Waals surface area contributed by atoms with E-state index in [2.05, 4.69) is 17.6 Å². The van der Waals surface area contributed by atoms with Crippen LogP contribution >= 0.6 is 0 Å². The molecule has 1 aromatic heterocycles. The van der Waals surface area contributed by atoms with Crippen LogP contribution in [0.25, 0.3) is 6.08 Å². The first-order chi connectivity index (χ1) is 13.9. The molecule has 2 aromatic rings. The van der Waals surface area contributed by atoms with E-state index in [-0.39, 0.29) is 25.7 Å². The topological polar surface area (TPSA) is 92.8 Å². The molecule has 0 atom stereocenters. The molecule has 1 fully saturated rings. The lowest BCUT2D eigenvalue weighted by molar-refractivity contribution is -0.385. The van der Waals surface area contributed by atoms with Gasteiger partial charge < -0.3 is 18.8 Å². The summed E-state index contributed by atoms with van der Waals surface area (Å²) >= 11 is 0. The quantitative estimate of drug-likeness (QED) is 0.316. The van der Waals surface area contributed by atoms with Crippen LogP contribution in [-0.2, 0) is 27.5 Å². The molecule has 0 amide bonds. The average Bonchev–Trinajstić information content (AvgIpc) is 3.49. The van der Waals surface area contributed by atoms with Gasteiger partial charge in [-0.15, -0.1) is 0 Å². The molecule has 8 nitrogen and oxygen atoms in total. The largest absolute Gasteiger partial charge is 0.467 e. The van der Waals surface area contributed by atoms with E-state index >= 15 is 0 Å². The molecular weight excluding hydrogens is 376 g/mol. The lowest BCUT2D eigenvalue weighted by Crippen LogP contribution is -2.14. The molecule has 0 N–H and O–H groups in total. The van der Waals surface area contributed by atoms with Gasteiger partial charge in [0.05, 0.1) is 11.5 Å². The Balaban J connectivity index is 1.46. The first kappa shape index (κ1) is 19.2. The number of rotatable bonds is 6. The Morgan fingerprint density at radius 1 is 1.34 bits per heavy atom. The first-order valence-corrected chi connectivity index (χ1v) is 9.48. The van der Waals surface area contributed by atoms with E-state index < -0.39 is 10.9 Å². The van der Waals surface area contributed by atoms with Crippen molar-refractivity contribution >= 4 is 17.7 Å². The van der Waals surface area contributed by atoms with E-state index in [9.17, 15) is 14.9 Å². The molecule has 8 heteroatoms. The minimum Gasteiger partial charge on any atom is -0.467 e. The Labute approximate surface area is 167 Å². The number of aromatic nitrogens is 1. The summed E-state index contributed by atoms with van der Waals surface area (Å²) in [4.78, 5) is 22.9. The molecule has 29 heavy (non-hydrogen) atoms. The molecule has 0 bridgehead atoms. The highest BCUT2D eigenvalue weighted by Gasteiger charge is 2.26. The van der Waals surface area contributed by atoms with Gasteiger partial charge in [-0.2, -0.15) is 0 Å². The number of carbonyl (C=O) groups excluding carboxylic acids is 1. The summed E-state index contributed by atoms with van der Waals surface area (Å²) in [7, 11) is 0. The molecule has 2 heterocycles. The number of nitro groups is 1. The third kappa shape index (κ3) is 4.02. The number of benzene rings is 1. The number of aryl methyl sites for hydroxylation is 1. The van der Waals surface area contributed by atoms with Crippen molar-refractivity contribution in [3.63, 3.8) is 0 Å². The summed E-state index contributed by atoms with van der Waals surface area (Å²) in [5.74, 6) is -0.0415. The zero-order valence-corrected chi connectivity index (χ0v) is 16.3. The third-order valence-electron chi connectivity index (χ3n) is 5.19. The van der Waals surface area contributed by atoms with E-state index in [1.807, 2.05) is 6.92 Å². The molecule has 1 saturated carbocycles. The number of nitro benzene ring substituents is 1. The van der Waals surface area contributed by atoms with Crippen LogP contribution in [0.2, 0.25) is 0 Å². The number of carbonyl (C=O) groups is 1. The van der Waals surface area contributed by atoms with Gasteiger partial charge in [0.2, 0.25) is 0 Å². The predicted octanol–water partition coefficient (Wildman–Crippen LogP) is 3.97. The van der Waals surface area contributed by atoms with Crippen LogP contribution in [0.1, 0.15) is 47.0 Å². The first-order valence-electron chi connectivity index (χ1n) is 9.48. The van der Waals surface area contributed by atoms with Crippen molar-refractivity contribution in [2.24, 2.45) is 0 Å². The highest BCUT2D eigenvalue weighted by Crippen LogP contribution is 2.38. The summed E-state index contributed by atoms with van der Waals surface area (Å²) in [6.45, 7) is 4.27. The molecule has 1 aromatic carbocycles. The molecule has 0 radical (unpaired) electrons. The summed E-state index contributed by atoms with van der Waals surface area (Å²) in [5, 5.41) is 11.2. The smallest absolute Gasteiger partial charge is 0.331 e. The fourth-order valence-corrected chi connectivity index (χ4v) is 3.71. The van der Waals surface area contributed by atoms with Crippen LogP contribution < -0.4 is 4.74 Å². The van der Waals surface area contributed by atoms with Gasteiger partial charge in [0.25, 0.3) is 5.69 Å². The van der Waals surface area contributed by atoms with Crippen molar-refractivity contribution in [3.8, 4) is 5.75 Å². The minimum atomic E-state index is -0.520. The average molecular weight is 398 g/mol. The Kier molecular flexibility index (Phi) is 5.10. The SMILES string of the molecule is Cc1cc(/C=C/C(=O)OCc2cc([N+](=O)[O-])cc3c2OCOC3)c(C)n1C1CC1. The highest BCUT2D eigenvalue weighted by molar-refractivity contribution is 5.87. The van der Waals surface area contributed by atoms with Crippen molar-refractivity contribution in [1.82, 2.24) is 4.57 Å². The minimum absolute atomic E-state index is 0.0578. The van der Waals surface area contributed by atoms with Gasteiger partial charge >= 0.3 is 5.97 Å². The van der Waals surface area contributed by atoms with Gasteiger partial charge in [0, 0.05) is 46.8 Å². The predicted molar refractivity (Wildman–Crippen MR) is 104 cm³/mol. The Bertz CT molecular complexity index is 1000. The van der Waals surface area contributed by atoms with Crippen molar-refractivity contribution in [1.29, 1.82) is 0 Å². The Hall–Kier alpha value is -3.13. The zero-order chi connectivity index (χ0) is 20.5. The van der Waals surface area contributed by atoms with Gasteiger partial charge in [-0.3, -0.25) is 10.1 Å². The number of esters is 1. The number of hydrogen-bond donors (Lipinski definition) is 0. The lowest BCUT2D eigenvalue weighted by Gasteiger charge is -2.20. The molecule has 0 saturated heterocycles. The van der Waals surface area contributed by atoms with Crippen molar-refractivity contribution in [2.45, 2.75) is 45.9 Å². The van der Waals surface area contributed by atoms with E-state index in [0.29, 0.717) is 22.9 Å². The fourth-order valence-electron chi connectivity index (χ4n) is 3.71. The van der Waals surface area contributed by atoms with Gasteiger partial charge in [0.1, 0.15) is 12.4 Å². The number of fused-ring (bicyclic) bond motifs is 1. The fraction of sp³-hybridized carbons (Fsp3) is 0.381. The molecule has 0 unspecified atom stereocenters. The third-order valence-corrected chi connectivity index (χ3v) is 5.19. The summed E-state index contributed by atoms with van der Waals surface area (Å²) < 4.78 is 18.2. The maximum atomic E-state index is 12.2. The van der Waals surface area contributed by atoms with Gasteiger partial charge in [-0.25, -0.2) is 4.79 Å². The maximum absolute atomic E-state index is 12.2. The second kappa shape index (κ2) is 7.71. The van der Waals surface area contributed by atoms with Gasteiger partial charge in [-0.1, -0.05) is 0 Å². The molecule has 152 valence electrons. The highest BCUT2D eigenvalue weighted by atomic mass is 16.7. The monoisotopic (exact) mass is 398 g/mol. The maximum Gasteiger partial charge on any atom is 0.331 e. The van der Waals surface area contributed by atoms with Crippen LogP contribution in [0.3, 0.4) is 0 Å². The molecular formula is C21H22N2O6. The van der Waals surface area contributed by atoms with Crippen molar-refractivity contribution < 1.29 is 23.9 Å². The molecule has 0 spiro atoms. The summed E-state index contributed by atoms with van der Waals surface area (Å²) in [6, 6.07) is 5.41. The number of non-ortho nitro benzene ring substituents is 1. The van der Waals surface area contributed by atoms with Crippen LogP contribution in [0.5, 0.6) is 5.75 Å².